The van der Waals surface area contributed by atoms with Crippen LogP contribution < -0.4 is 5.32 Å². The Balaban J connectivity index is 2.62. The van der Waals surface area contributed by atoms with E-state index in [1.165, 1.54) is 0 Å². The van der Waals surface area contributed by atoms with Crippen molar-refractivity contribution in [3.8, 4) is 0 Å². The van der Waals surface area contributed by atoms with Gasteiger partial charge in [-0.05, 0) is 5.92 Å². The first-order valence-electron chi connectivity index (χ1n) is 5.65. The van der Waals surface area contributed by atoms with Crippen molar-refractivity contribution in [2.45, 2.75) is 46.5 Å². The van der Waals surface area contributed by atoms with Gasteiger partial charge in [0.25, 0.3) is 0 Å². The van der Waals surface area contributed by atoms with Crippen LogP contribution in [0.2, 0.25) is 0 Å². The second-order valence-electron chi connectivity index (χ2n) is 5.56. The van der Waals surface area contributed by atoms with E-state index in [2.05, 4.69) is 36.3 Å². The lowest BCUT2D eigenvalue weighted by molar-refractivity contribution is -0.116. The van der Waals surface area contributed by atoms with E-state index >= 15 is 0 Å². The maximum absolute atomic E-state index is 11.5. The number of carbonyl (C=O) groups is 1. The molecule has 0 unspecified atom stereocenters. The number of H-pyrrole nitrogens is 1. The maximum atomic E-state index is 11.5. The molecule has 0 aromatic carbocycles. The summed E-state index contributed by atoms with van der Waals surface area (Å²) in [6, 6.07) is 1.89. The highest BCUT2D eigenvalue weighted by molar-refractivity contribution is 5.89. The molecule has 16 heavy (non-hydrogen) atoms. The van der Waals surface area contributed by atoms with Gasteiger partial charge in [-0.15, -0.1) is 0 Å². The van der Waals surface area contributed by atoms with E-state index in [0.717, 1.165) is 5.69 Å². The van der Waals surface area contributed by atoms with Crippen LogP contribution >= 0.6 is 0 Å². The minimum absolute atomic E-state index is 0.00245. The van der Waals surface area contributed by atoms with Crippen molar-refractivity contribution in [2.75, 3.05) is 5.32 Å². The largest absolute Gasteiger partial charge is 0.311 e. The topological polar surface area (TPSA) is 57.8 Å². The Bertz CT molecular complexity index is 361. The number of hydrogen-bond donors (Lipinski definition) is 2. The third-order valence-electron chi connectivity index (χ3n) is 2.21. The normalized spacial score (nSPS) is 11.9. The molecule has 1 rings (SSSR count). The molecule has 0 aliphatic heterocycles. The van der Waals surface area contributed by atoms with Crippen LogP contribution in [0, 0.1) is 5.92 Å². The summed E-state index contributed by atoms with van der Waals surface area (Å²) in [6.45, 7) is 10.3. The molecule has 1 aromatic heterocycles. The molecule has 0 aliphatic carbocycles. The number of nitrogens with zero attached hydrogens (tertiary/aromatic N) is 1. The Morgan fingerprint density at radius 2 is 2.12 bits per heavy atom. The lowest BCUT2D eigenvalue weighted by Crippen LogP contribution is -2.14. The van der Waals surface area contributed by atoms with E-state index in [1.807, 2.05) is 19.9 Å². The standard InChI is InChI=1S/C12H21N3O/c1-8(2)6-11(16)13-10-7-9(14-15-10)12(3,4)5/h7-8H,6H2,1-5H3,(H2,13,14,15,16). The molecule has 90 valence electrons. The average molecular weight is 223 g/mol. The first kappa shape index (κ1) is 12.7. The van der Waals surface area contributed by atoms with Crippen molar-refractivity contribution in [3.05, 3.63) is 11.8 Å². The van der Waals surface area contributed by atoms with Crippen LogP contribution in [0.3, 0.4) is 0 Å². The van der Waals surface area contributed by atoms with Crippen molar-refractivity contribution in [3.63, 3.8) is 0 Å². The lowest BCUT2D eigenvalue weighted by atomic mass is 9.92. The molecule has 0 radical (unpaired) electrons. The molecule has 0 aliphatic rings. The van der Waals surface area contributed by atoms with Crippen LogP contribution in [0.5, 0.6) is 0 Å². The van der Waals surface area contributed by atoms with Crippen LogP contribution in [-0.4, -0.2) is 16.1 Å². The van der Waals surface area contributed by atoms with Gasteiger partial charge >= 0.3 is 0 Å². The average Bonchev–Trinajstić information content (AvgIpc) is 2.49. The quantitative estimate of drug-likeness (QED) is 0.827. The van der Waals surface area contributed by atoms with Gasteiger partial charge in [-0.3, -0.25) is 9.89 Å². The first-order chi connectivity index (χ1) is 7.29. The summed E-state index contributed by atoms with van der Waals surface area (Å²) >= 11 is 0. The molecule has 0 bridgehead atoms. The molecule has 1 amide bonds. The van der Waals surface area contributed by atoms with Crippen LogP contribution in [0.1, 0.15) is 46.7 Å². The zero-order valence-corrected chi connectivity index (χ0v) is 10.7. The van der Waals surface area contributed by atoms with E-state index in [0.29, 0.717) is 18.2 Å². The molecule has 1 aromatic rings. The Morgan fingerprint density at radius 1 is 1.50 bits per heavy atom. The number of nitrogens with one attached hydrogen (secondary N) is 2. The second kappa shape index (κ2) is 4.68. The molecule has 0 spiro atoms. The molecule has 0 fully saturated rings. The summed E-state index contributed by atoms with van der Waals surface area (Å²) in [5.74, 6) is 1.07. The van der Waals surface area contributed by atoms with E-state index < -0.39 is 0 Å². The highest BCUT2D eigenvalue weighted by Crippen LogP contribution is 2.21. The van der Waals surface area contributed by atoms with Crippen molar-refractivity contribution in [2.24, 2.45) is 5.92 Å². The van der Waals surface area contributed by atoms with Crippen molar-refractivity contribution >= 4 is 11.7 Å². The van der Waals surface area contributed by atoms with Gasteiger partial charge in [0.2, 0.25) is 5.91 Å². The minimum atomic E-state index is -0.00245. The molecule has 1 heterocycles. The van der Waals surface area contributed by atoms with Gasteiger partial charge in [0.1, 0.15) is 5.82 Å². The molecule has 4 nitrogen and oxygen atoms in total. The van der Waals surface area contributed by atoms with Gasteiger partial charge in [-0.25, -0.2) is 0 Å². The predicted octanol–water partition coefficient (Wildman–Crippen LogP) is 2.69. The molecule has 0 saturated heterocycles. The summed E-state index contributed by atoms with van der Waals surface area (Å²) in [7, 11) is 0. The molecular weight excluding hydrogens is 202 g/mol. The van der Waals surface area contributed by atoms with E-state index in [9.17, 15) is 4.79 Å². The number of aromatic nitrogens is 2. The number of anilines is 1. The highest BCUT2D eigenvalue weighted by Gasteiger charge is 2.17. The van der Waals surface area contributed by atoms with Gasteiger partial charge < -0.3 is 5.32 Å². The number of amides is 1. The number of carbonyl (C=O) groups excluding carboxylic acids is 1. The van der Waals surface area contributed by atoms with Crippen LogP contribution in [0.15, 0.2) is 6.07 Å². The Morgan fingerprint density at radius 3 is 2.56 bits per heavy atom. The van der Waals surface area contributed by atoms with Gasteiger partial charge in [-0.1, -0.05) is 34.6 Å². The predicted molar refractivity (Wildman–Crippen MR) is 65.4 cm³/mol. The van der Waals surface area contributed by atoms with E-state index in [-0.39, 0.29) is 11.3 Å². The Kier molecular flexibility index (Phi) is 3.73. The molecule has 4 heteroatoms. The van der Waals surface area contributed by atoms with E-state index in [4.69, 9.17) is 0 Å². The van der Waals surface area contributed by atoms with Crippen molar-refractivity contribution in [1.82, 2.24) is 10.2 Å². The molecule has 2 N–H and O–H groups in total. The number of aromatic amines is 1. The van der Waals surface area contributed by atoms with Crippen LogP contribution in [-0.2, 0) is 10.2 Å². The van der Waals surface area contributed by atoms with Gasteiger partial charge in [0.05, 0.1) is 5.69 Å². The summed E-state index contributed by atoms with van der Waals surface area (Å²) < 4.78 is 0. The monoisotopic (exact) mass is 223 g/mol. The van der Waals surface area contributed by atoms with E-state index in [1.54, 1.807) is 0 Å². The van der Waals surface area contributed by atoms with Crippen LogP contribution in [0.4, 0.5) is 5.82 Å². The maximum Gasteiger partial charge on any atom is 0.225 e. The smallest absolute Gasteiger partial charge is 0.225 e. The molecular formula is C12H21N3O. The minimum Gasteiger partial charge on any atom is -0.311 e. The summed E-state index contributed by atoms with van der Waals surface area (Å²) in [6.07, 6.45) is 0.532. The lowest BCUT2D eigenvalue weighted by Gasteiger charge is -2.13. The van der Waals surface area contributed by atoms with Crippen LogP contribution in [0.25, 0.3) is 0 Å². The van der Waals surface area contributed by atoms with Crippen molar-refractivity contribution in [1.29, 1.82) is 0 Å². The zero-order valence-electron chi connectivity index (χ0n) is 10.7. The van der Waals surface area contributed by atoms with Crippen molar-refractivity contribution < 1.29 is 4.79 Å². The molecule has 0 saturated carbocycles. The molecule has 0 atom stereocenters. The number of hydrogen-bond acceptors (Lipinski definition) is 2. The zero-order chi connectivity index (χ0) is 12.3. The van der Waals surface area contributed by atoms with Gasteiger partial charge in [0, 0.05) is 17.9 Å². The fourth-order valence-electron chi connectivity index (χ4n) is 1.34. The highest BCUT2D eigenvalue weighted by atomic mass is 16.1. The third kappa shape index (κ3) is 3.68. The Labute approximate surface area is 96.8 Å². The third-order valence-corrected chi connectivity index (χ3v) is 2.21. The summed E-state index contributed by atoms with van der Waals surface area (Å²) in [5, 5.41) is 9.82. The Hall–Kier alpha value is -1.32. The SMILES string of the molecule is CC(C)CC(=O)Nc1cc(C(C)(C)C)n[nH]1. The summed E-state index contributed by atoms with van der Waals surface area (Å²) in [5.41, 5.74) is 0.949. The first-order valence-corrected chi connectivity index (χ1v) is 5.65. The fraction of sp³-hybridized carbons (Fsp3) is 0.667. The van der Waals surface area contributed by atoms with Gasteiger partial charge in [-0.2, -0.15) is 5.10 Å². The fourth-order valence-corrected chi connectivity index (χ4v) is 1.34. The van der Waals surface area contributed by atoms with Gasteiger partial charge in [0.15, 0.2) is 0 Å². The second-order valence-corrected chi connectivity index (χ2v) is 5.56. The summed E-state index contributed by atoms with van der Waals surface area (Å²) in [4.78, 5) is 11.5. The number of rotatable bonds is 3.